The molecule has 0 spiro atoms. The monoisotopic (exact) mass is 281 g/mol. The second kappa shape index (κ2) is 6.15. The molecule has 1 aromatic carbocycles. The van der Waals surface area contributed by atoms with Crippen LogP contribution in [0.4, 0.5) is 11.4 Å². The van der Waals surface area contributed by atoms with Crippen LogP contribution in [-0.2, 0) is 4.79 Å². The maximum Gasteiger partial charge on any atom is 0.222 e. The number of rotatable bonds is 3. The number of piperazine rings is 1. The summed E-state index contributed by atoms with van der Waals surface area (Å²) in [6.45, 7) is 5.19. The minimum atomic E-state index is 0.255. The molecule has 4 nitrogen and oxygen atoms in total. The first-order chi connectivity index (χ1) is 9.11. The Labute approximate surface area is 119 Å². The average molecular weight is 282 g/mol. The van der Waals surface area contributed by atoms with Gasteiger partial charge in [-0.1, -0.05) is 18.5 Å². The molecule has 2 rings (SSSR count). The number of hydrogen-bond acceptors (Lipinski definition) is 3. The van der Waals surface area contributed by atoms with Crippen LogP contribution in [-0.4, -0.2) is 37.0 Å². The molecule has 104 valence electrons. The van der Waals surface area contributed by atoms with Gasteiger partial charge >= 0.3 is 0 Å². The van der Waals surface area contributed by atoms with E-state index in [2.05, 4.69) is 4.90 Å². The number of nitrogens with two attached hydrogens (primary N) is 1. The largest absolute Gasteiger partial charge is 0.399 e. The van der Waals surface area contributed by atoms with Gasteiger partial charge in [0.25, 0.3) is 0 Å². The van der Waals surface area contributed by atoms with E-state index >= 15 is 0 Å². The van der Waals surface area contributed by atoms with Gasteiger partial charge in [-0.25, -0.2) is 0 Å². The van der Waals surface area contributed by atoms with Gasteiger partial charge in [-0.15, -0.1) is 0 Å². The molecule has 0 aromatic heterocycles. The number of anilines is 2. The average Bonchev–Trinajstić information content (AvgIpc) is 2.39. The fraction of sp³-hybridized carbons (Fsp3) is 0.500. The zero-order chi connectivity index (χ0) is 13.8. The lowest BCUT2D eigenvalue weighted by Gasteiger charge is -2.36. The highest BCUT2D eigenvalue weighted by Crippen LogP contribution is 2.28. The van der Waals surface area contributed by atoms with Crippen LogP contribution in [0.15, 0.2) is 18.2 Å². The molecule has 1 aliphatic rings. The third-order valence-corrected chi connectivity index (χ3v) is 3.71. The molecule has 1 fully saturated rings. The van der Waals surface area contributed by atoms with Crippen molar-refractivity contribution in [1.82, 2.24) is 4.90 Å². The normalized spacial score (nSPS) is 15.7. The van der Waals surface area contributed by atoms with Crippen molar-refractivity contribution < 1.29 is 4.79 Å². The Morgan fingerprint density at radius 1 is 1.32 bits per heavy atom. The molecular weight excluding hydrogens is 262 g/mol. The first-order valence-electron chi connectivity index (χ1n) is 6.69. The predicted molar refractivity (Wildman–Crippen MR) is 79.6 cm³/mol. The van der Waals surface area contributed by atoms with Gasteiger partial charge in [0, 0.05) is 38.3 Å². The number of carbonyl (C=O) groups excluding carboxylic acids is 1. The van der Waals surface area contributed by atoms with Gasteiger partial charge in [-0.3, -0.25) is 4.79 Å². The SMILES string of the molecule is CCCC(=O)N1CCN(c2ccc(N)cc2Cl)CC1. The van der Waals surface area contributed by atoms with Crippen LogP contribution in [0.3, 0.4) is 0 Å². The van der Waals surface area contributed by atoms with E-state index in [-0.39, 0.29) is 5.91 Å². The minimum absolute atomic E-state index is 0.255. The topological polar surface area (TPSA) is 49.6 Å². The highest BCUT2D eigenvalue weighted by Gasteiger charge is 2.21. The smallest absolute Gasteiger partial charge is 0.222 e. The summed E-state index contributed by atoms with van der Waals surface area (Å²) in [6.07, 6.45) is 1.55. The molecule has 5 heteroatoms. The van der Waals surface area contributed by atoms with Gasteiger partial charge in [0.05, 0.1) is 10.7 Å². The number of hydrogen-bond donors (Lipinski definition) is 1. The molecule has 1 heterocycles. The van der Waals surface area contributed by atoms with Crippen LogP contribution in [0.1, 0.15) is 19.8 Å². The molecular formula is C14H20ClN3O. The summed E-state index contributed by atoms with van der Waals surface area (Å²) in [5, 5.41) is 0.674. The highest BCUT2D eigenvalue weighted by molar-refractivity contribution is 6.33. The summed E-state index contributed by atoms with van der Waals surface area (Å²) in [4.78, 5) is 16.0. The third kappa shape index (κ3) is 3.32. The molecule has 1 aromatic rings. The van der Waals surface area contributed by atoms with Crippen molar-refractivity contribution in [3.63, 3.8) is 0 Å². The fourth-order valence-electron chi connectivity index (χ4n) is 2.35. The van der Waals surface area contributed by atoms with Crippen molar-refractivity contribution in [1.29, 1.82) is 0 Å². The van der Waals surface area contributed by atoms with Crippen molar-refractivity contribution in [2.75, 3.05) is 36.8 Å². The Kier molecular flexibility index (Phi) is 4.53. The van der Waals surface area contributed by atoms with Crippen molar-refractivity contribution in [2.45, 2.75) is 19.8 Å². The van der Waals surface area contributed by atoms with Gasteiger partial charge < -0.3 is 15.5 Å². The van der Waals surface area contributed by atoms with Gasteiger partial charge in [-0.2, -0.15) is 0 Å². The van der Waals surface area contributed by atoms with E-state index in [9.17, 15) is 4.79 Å². The van der Waals surface area contributed by atoms with E-state index in [4.69, 9.17) is 17.3 Å². The molecule has 0 saturated carbocycles. The van der Waals surface area contributed by atoms with E-state index in [1.807, 2.05) is 24.0 Å². The van der Waals surface area contributed by atoms with Gasteiger partial charge in [0.1, 0.15) is 0 Å². The van der Waals surface area contributed by atoms with Crippen molar-refractivity contribution in [3.05, 3.63) is 23.2 Å². The Hall–Kier alpha value is -1.42. The third-order valence-electron chi connectivity index (χ3n) is 3.41. The highest BCUT2D eigenvalue weighted by atomic mass is 35.5. The van der Waals surface area contributed by atoms with Crippen LogP contribution in [0.5, 0.6) is 0 Å². The summed E-state index contributed by atoms with van der Waals surface area (Å²) in [5.41, 5.74) is 7.37. The van der Waals surface area contributed by atoms with Gasteiger partial charge in [0.2, 0.25) is 5.91 Å². The maximum atomic E-state index is 11.8. The zero-order valence-electron chi connectivity index (χ0n) is 11.2. The Balaban J connectivity index is 1.98. The Morgan fingerprint density at radius 3 is 2.58 bits per heavy atom. The number of nitrogen functional groups attached to an aromatic ring is 1. The quantitative estimate of drug-likeness (QED) is 0.866. The maximum absolute atomic E-state index is 11.8. The second-order valence-electron chi connectivity index (χ2n) is 4.83. The van der Waals surface area contributed by atoms with Crippen LogP contribution >= 0.6 is 11.6 Å². The Morgan fingerprint density at radius 2 is 2.00 bits per heavy atom. The fourth-order valence-corrected chi connectivity index (χ4v) is 2.66. The standard InChI is InChI=1S/C14H20ClN3O/c1-2-3-14(19)18-8-6-17(7-9-18)13-5-4-11(16)10-12(13)15/h4-5,10H,2-3,6-9,16H2,1H3. The lowest BCUT2D eigenvalue weighted by Crippen LogP contribution is -2.48. The van der Waals surface area contributed by atoms with E-state index < -0.39 is 0 Å². The van der Waals surface area contributed by atoms with Gasteiger partial charge in [-0.05, 0) is 24.6 Å². The molecule has 19 heavy (non-hydrogen) atoms. The van der Waals surface area contributed by atoms with E-state index in [0.717, 1.165) is 38.3 Å². The minimum Gasteiger partial charge on any atom is -0.399 e. The second-order valence-corrected chi connectivity index (χ2v) is 5.24. The van der Waals surface area contributed by atoms with Crippen LogP contribution in [0, 0.1) is 0 Å². The zero-order valence-corrected chi connectivity index (χ0v) is 12.0. The molecule has 1 aliphatic heterocycles. The molecule has 0 aliphatic carbocycles. The number of carbonyl (C=O) groups is 1. The number of benzene rings is 1. The van der Waals surface area contributed by atoms with E-state index in [1.54, 1.807) is 6.07 Å². The lowest BCUT2D eigenvalue weighted by molar-refractivity contribution is -0.131. The summed E-state index contributed by atoms with van der Waals surface area (Å²) < 4.78 is 0. The molecule has 1 amide bonds. The number of nitrogens with zero attached hydrogens (tertiary/aromatic N) is 2. The van der Waals surface area contributed by atoms with Crippen LogP contribution in [0.25, 0.3) is 0 Å². The summed E-state index contributed by atoms with van der Waals surface area (Å²) in [6, 6.07) is 5.57. The van der Waals surface area contributed by atoms with Crippen LogP contribution < -0.4 is 10.6 Å². The summed E-state index contributed by atoms with van der Waals surface area (Å²) in [7, 11) is 0. The molecule has 1 saturated heterocycles. The van der Waals surface area contributed by atoms with Crippen molar-refractivity contribution in [2.24, 2.45) is 0 Å². The van der Waals surface area contributed by atoms with E-state index in [1.165, 1.54) is 0 Å². The van der Waals surface area contributed by atoms with Crippen molar-refractivity contribution >= 4 is 28.9 Å². The summed E-state index contributed by atoms with van der Waals surface area (Å²) >= 11 is 6.21. The number of amides is 1. The predicted octanol–water partition coefficient (Wildman–Crippen LogP) is 2.37. The lowest BCUT2D eigenvalue weighted by atomic mass is 10.2. The molecule has 0 radical (unpaired) electrons. The first-order valence-corrected chi connectivity index (χ1v) is 7.07. The first kappa shape index (κ1) is 14.0. The van der Waals surface area contributed by atoms with Crippen molar-refractivity contribution in [3.8, 4) is 0 Å². The van der Waals surface area contributed by atoms with Crippen LogP contribution in [0.2, 0.25) is 5.02 Å². The molecule has 2 N–H and O–H groups in total. The molecule has 0 unspecified atom stereocenters. The Bertz CT molecular complexity index is 456. The number of halogens is 1. The molecule has 0 bridgehead atoms. The van der Waals surface area contributed by atoms with E-state index in [0.29, 0.717) is 17.1 Å². The van der Waals surface area contributed by atoms with Gasteiger partial charge in [0.15, 0.2) is 0 Å². The molecule has 0 atom stereocenters. The summed E-state index contributed by atoms with van der Waals surface area (Å²) in [5.74, 6) is 0.255.